The van der Waals surface area contributed by atoms with Crippen LogP contribution in [-0.2, 0) is 5.41 Å². The summed E-state index contributed by atoms with van der Waals surface area (Å²) < 4.78 is 0. The number of fused-ring (bicyclic) bond motifs is 14. The van der Waals surface area contributed by atoms with Crippen LogP contribution >= 0.6 is 0 Å². The molecule has 8 aromatic rings. The summed E-state index contributed by atoms with van der Waals surface area (Å²) in [6.07, 6.45) is 3.70. The van der Waals surface area contributed by atoms with Gasteiger partial charge in [-0.2, -0.15) is 0 Å². The standard InChI is InChI=1S/C43H26N2/c1-2-10-31-27(9-1)16-20-35-36-21-18-30-25-28(29-22-24-45-40(26-29)39-15-7-8-23-44-39)17-19-32(30)42(36)43(41(31)35)37-13-5-3-11-33(37)34-12-4-6-14-38(34)43/h1-26H. The van der Waals surface area contributed by atoms with Crippen LogP contribution in [0.5, 0.6) is 0 Å². The molecule has 0 N–H and O–H groups in total. The summed E-state index contributed by atoms with van der Waals surface area (Å²) in [5, 5.41) is 5.13. The van der Waals surface area contributed by atoms with Crippen LogP contribution in [0.1, 0.15) is 22.3 Å². The van der Waals surface area contributed by atoms with E-state index >= 15 is 0 Å². The summed E-state index contributed by atoms with van der Waals surface area (Å²) in [5.74, 6) is 0. The second-order valence-electron chi connectivity index (χ2n) is 12.1. The van der Waals surface area contributed by atoms with Gasteiger partial charge in [0.05, 0.1) is 16.8 Å². The van der Waals surface area contributed by atoms with E-state index in [1.54, 1.807) is 0 Å². The fourth-order valence-corrected chi connectivity index (χ4v) is 8.20. The van der Waals surface area contributed by atoms with E-state index in [4.69, 9.17) is 0 Å². The Balaban J connectivity index is 1.28. The molecule has 0 saturated carbocycles. The maximum absolute atomic E-state index is 4.62. The summed E-state index contributed by atoms with van der Waals surface area (Å²) in [4.78, 5) is 9.15. The third kappa shape index (κ3) is 3.23. The third-order valence-electron chi connectivity index (χ3n) is 9.96. The Bertz CT molecular complexity index is 2450. The monoisotopic (exact) mass is 570 g/mol. The smallest absolute Gasteiger partial charge is 0.0892 e. The fourth-order valence-electron chi connectivity index (χ4n) is 8.20. The van der Waals surface area contributed by atoms with Crippen LogP contribution in [0.2, 0.25) is 0 Å². The highest BCUT2D eigenvalue weighted by Crippen LogP contribution is 2.65. The van der Waals surface area contributed by atoms with E-state index in [0.29, 0.717) is 0 Å². The highest BCUT2D eigenvalue weighted by atomic mass is 14.8. The summed E-state index contributed by atoms with van der Waals surface area (Å²) in [6, 6.07) is 53.5. The van der Waals surface area contributed by atoms with Gasteiger partial charge in [0.15, 0.2) is 0 Å². The highest BCUT2D eigenvalue weighted by molar-refractivity contribution is 6.09. The molecule has 0 radical (unpaired) electrons. The van der Waals surface area contributed by atoms with Gasteiger partial charge in [0.25, 0.3) is 0 Å². The predicted octanol–water partition coefficient (Wildman–Crippen LogP) is 10.5. The Morgan fingerprint density at radius 3 is 1.76 bits per heavy atom. The van der Waals surface area contributed by atoms with Crippen molar-refractivity contribution in [3.8, 4) is 44.8 Å². The lowest BCUT2D eigenvalue weighted by Crippen LogP contribution is -2.26. The average molecular weight is 571 g/mol. The first-order chi connectivity index (χ1) is 22.3. The Morgan fingerprint density at radius 2 is 1.00 bits per heavy atom. The molecule has 0 aliphatic heterocycles. The van der Waals surface area contributed by atoms with Crippen LogP contribution in [0, 0.1) is 0 Å². The maximum atomic E-state index is 4.62. The van der Waals surface area contributed by atoms with Gasteiger partial charge in [0.2, 0.25) is 0 Å². The summed E-state index contributed by atoms with van der Waals surface area (Å²) >= 11 is 0. The second-order valence-corrected chi connectivity index (χ2v) is 12.1. The summed E-state index contributed by atoms with van der Waals surface area (Å²) in [6.45, 7) is 0. The van der Waals surface area contributed by atoms with Crippen LogP contribution in [0.15, 0.2) is 158 Å². The van der Waals surface area contributed by atoms with Crippen molar-refractivity contribution in [3.05, 3.63) is 180 Å². The van der Waals surface area contributed by atoms with E-state index < -0.39 is 5.41 Å². The zero-order valence-corrected chi connectivity index (χ0v) is 24.4. The minimum Gasteiger partial charge on any atom is -0.255 e. The van der Waals surface area contributed by atoms with Crippen LogP contribution in [0.3, 0.4) is 0 Å². The number of nitrogens with zero attached hydrogens (tertiary/aromatic N) is 2. The minimum absolute atomic E-state index is 0.414. The van der Waals surface area contributed by atoms with Crippen molar-refractivity contribution >= 4 is 21.5 Å². The molecule has 0 atom stereocenters. The van der Waals surface area contributed by atoms with E-state index in [1.165, 1.54) is 71.6 Å². The van der Waals surface area contributed by atoms with Crippen molar-refractivity contribution in [1.29, 1.82) is 0 Å². The summed E-state index contributed by atoms with van der Waals surface area (Å²) in [5.41, 5.74) is 14.5. The van der Waals surface area contributed by atoms with Crippen LogP contribution in [0.25, 0.3) is 66.3 Å². The van der Waals surface area contributed by atoms with Crippen LogP contribution in [0.4, 0.5) is 0 Å². The molecule has 208 valence electrons. The minimum atomic E-state index is -0.414. The topological polar surface area (TPSA) is 25.8 Å². The average Bonchev–Trinajstić information content (AvgIpc) is 3.59. The van der Waals surface area contributed by atoms with E-state index in [9.17, 15) is 0 Å². The SMILES string of the molecule is c1ccc(-c2cc(-c3ccc4c5c(ccc4c3)-c3ccc4ccccc4c3C53c4ccccc4-c4ccccc43)ccn2)nc1. The molecule has 2 aromatic heterocycles. The zero-order valence-electron chi connectivity index (χ0n) is 24.4. The first-order valence-corrected chi connectivity index (χ1v) is 15.5. The van der Waals surface area contributed by atoms with E-state index in [0.717, 1.165) is 17.0 Å². The molecule has 0 bridgehead atoms. The largest absolute Gasteiger partial charge is 0.255 e. The number of pyridine rings is 2. The number of rotatable bonds is 2. The quantitative estimate of drug-likeness (QED) is 0.207. The van der Waals surface area contributed by atoms with Crippen LogP contribution < -0.4 is 0 Å². The maximum Gasteiger partial charge on any atom is 0.0892 e. The molecule has 0 unspecified atom stereocenters. The zero-order chi connectivity index (χ0) is 29.5. The molecule has 2 aliphatic rings. The Labute approximate surface area is 261 Å². The van der Waals surface area contributed by atoms with Crippen molar-refractivity contribution in [2.24, 2.45) is 0 Å². The van der Waals surface area contributed by atoms with Gasteiger partial charge >= 0.3 is 0 Å². The van der Waals surface area contributed by atoms with Crippen molar-refractivity contribution in [1.82, 2.24) is 9.97 Å². The molecular weight excluding hydrogens is 544 g/mol. The van der Waals surface area contributed by atoms with Gasteiger partial charge in [-0.15, -0.1) is 0 Å². The molecule has 10 rings (SSSR count). The fraction of sp³-hybridized carbons (Fsp3) is 0.0233. The normalized spacial score (nSPS) is 13.5. The Kier molecular flexibility index (Phi) is 4.95. The lowest BCUT2D eigenvalue weighted by atomic mass is 9.68. The van der Waals surface area contributed by atoms with E-state index in [1.807, 2.05) is 30.6 Å². The predicted molar refractivity (Wildman–Crippen MR) is 184 cm³/mol. The number of benzene rings is 6. The summed E-state index contributed by atoms with van der Waals surface area (Å²) in [7, 11) is 0. The molecule has 0 amide bonds. The number of aromatic nitrogens is 2. The Morgan fingerprint density at radius 1 is 0.378 bits per heavy atom. The molecule has 0 fully saturated rings. The molecule has 2 heterocycles. The van der Waals surface area contributed by atoms with E-state index in [-0.39, 0.29) is 0 Å². The lowest BCUT2D eigenvalue weighted by Gasteiger charge is -2.32. The number of hydrogen-bond acceptors (Lipinski definition) is 2. The lowest BCUT2D eigenvalue weighted by molar-refractivity contribution is 0.809. The number of hydrogen-bond donors (Lipinski definition) is 0. The first-order valence-electron chi connectivity index (χ1n) is 15.5. The van der Waals surface area contributed by atoms with Crippen molar-refractivity contribution in [2.45, 2.75) is 5.41 Å². The van der Waals surface area contributed by atoms with Gasteiger partial charge in [-0.05, 0) is 108 Å². The molecule has 2 nitrogen and oxygen atoms in total. The third-order valence-corrected chi connectivity index (χ3v) is 9.96. The van der Waals surface area contributed by atoms with Crippen LogP contribution in [-0.4, -0.2) is 9.97 Å². The van der Waals surface area contributed by atoms with Gasteiger partial charge in [-0.25, -0.2) is 0 Å². The molecule has 6 aromatic carbocycles. The highest BCUT2D eigenvalue weighted by Gasteiger charge is 2.53. The molecular formula is C43H26N2. The van der Waals surface area contributed by atoms with Gasteiger partial charge < -0.3 is 0 Å². The van der Waals surface area contributed by atoms with Gasteiger partial charge in [0, 0.05) is 12.4 Å². The molecule has 45 heavy (non-hydrogen) atoms. The second kappa shape index (κ2) is 9.07. The van der Waals surface area contributed by atoms with Gasteiger partial charge in [0.1, 0.15) is 0 Å². The molecule has 2 heteroatoms. The first kappa shape index (κ1) is 24.6. The van der Waals surface area contributed by atoms with Gasteiger partial charge in [-0.1, -0.05) is 115 Å². The van der Waals surface area contributed by atoms with Crippen molar-refractivity contribution in [3.63, 3.8) is 0 Å². The van der Waals surface area contributed by atoms with E-state index in [2.05, 4.69) is 137 Å². The van der Waals surface area contributed by atoms with Gasteiger partial charge in [-0.3, -0.25) is 9.97 Å². The molecule has 0 saturated heterocycles. The Hall–Kier alpha value is -5.86. The van der Waals surface area contributed by atoms with Crippen molar-refractivity contribution in [2.75, 3.05) is 0 Å². The van der Waals surface area contributed by atoms with Crippen molar-refractivity contribution < 1.29 is 0 Å². The molecule has 1 spiro atoms. The molecule has 2 aliphatic carbocycles.